The number of halogens is 2. The van der Waals surface area contributed by atoms with Gasteiger partial charge in [0, 0.05) is 0 Å². The van der Waals surface area contributed by atoms with Crippen LogP contribution in [0.3, 0.4) is 0 Å². The second kappa shape index (κ2) is 4.04. The molecule has 0 unspecified atom stereocenters. The first-order chi connectivity index (χ1) is 5.74. The fourth-order valence-corrected chi connectivity index (χ4v) is 0.870. The van der Waals surface area contributed by atoms with E-state index < -0.39 is 12.5 Å². The Balaban J connectivity index is 2.75. The summed E-state index contributed by atoms with van der Waals surface area (Å²) in [6, 6.07) is 4.49. The van der Waals surface area contributed by atoms with Gasteiger partial charge in [-0.05, 0) is 24.6 Å². The monoisotopic (exact) mass is 172 g/mol. The van der Waals surface area contributed by atoms with Crippen molar-refractivity contribution in [1.29, 1.82) is 0 Å². The maximum Gasteiger partial charge on any atom is 0.165 e. The van der Waals surface area contributed by atoms with Crippen LogP contribution in [0.4, 0.5) is 8.78 Å². The first-order valence-electron chi connectivity index (χ1n) is 3.69. The number of ether oxygens (including phenoxy) is 1. The van der Waals surface area contributed by atoms with E-state index in [1.54, 1.807) is 12.1 Å². The van der Waals surface area contributed by atoms with Gasteiger partial charge in [-0.25, -0.2) is 8.78 Å². The molecule has 0 heterocycles. The summed E-state index contributed by atoms with van der Waals surface area (Å²) in [7, 11) is 0. The molecule has 1 aromatic rings. The van der Waals surface area contributed by atoms with Crippen LogP contribution < -0.4 is 4.74 Å². The number of hydrogen-bond acceptors (Lipinski definition) is 1. The van der Waals surface area contributed by atoms with Crippen molar-refractivity contribution in [1.82, 2.24) is 0 Å². The van der Waals surface area contributed by atoms with E-state index in [1.807, 2.05) is 6.92 Å². The average molecular weight is 172 g/mol. The van der Waals surface area contributed by atoms with Crippen molar-refractivity contribution in [3.8, 4) is 5.75 Å². The second-order valence-electron chi connectivity index (χ2n) is 2.47. The molecule has 3 heteroatoms. The van der Waals surface area contributed by atoms with Gasteiger partial charge in [-0.1, -0.05) is 6.07 Å². The van der Waals surface area contributed by atoms with Crippen molar-refractivity contribution >= 4 is 0 Å². The summed E-state index contributed by atoms with van der Waals surface area (Å²) in [5.74, 6) is -0.332. The number of rotatable bonds is 3. The zero-order chi connectivity index (χ0) is 8.97. The summed E-state index contributed by atoms with van der Waals surface area (Å²) >= 11 is 0. The summed E-state index contributed by atoms with van der Waals surface area (Å²) < 4.78 is 29.3. The predicted octanol–water partition coefficient (Wildman–Crippen LogP) is 2.48. The van der Waals surface area contributed by atoms with Gasteiger partial charge in [0.2, 0.25) is 0 Å². The standard InChI is InChI=1S/C9H10F2O/c1-7-2-3-8(11)9(6-7)12-5-4-10/h2-3,6H,4-5H2,1H3. The highest BCUT2D eigenvalue weighted by Crippen LogP contribution is 2.17. The average Bonchev–Trinajstić information content (AvgIpc) is 2.07. The highest BCUT2D eigenvalue weighted by Gasteiger charge is 2.01. The quantitative estimate of drug-likeness (QED) is 0.680. The molecule has 1 aromatic carbocycles. The molecule has 0 radical (unpaired) electrons. The van der Waals surface area contributed by atoms with E-state index in [0.717, 1.165) is 5.56 Å². The number of aryl methyl sites for hydroxylation is 1. The largest absolute Gasteiger partial charge is 0.488 e. The molecule has 0 saturated heterocycles. The number of benzene rings is 1. The maximum atomic E-state index is 12.8. The Morgan fingerprint density at radius 2 is 2.17 bits per heavy atom. The van der Waals surface area contributed by atoms with E-state index in [9.17, 15) is 8.78 Å². The molecule has 0 aliphatic heterocycles. The van der Waals surface area contributed by atoms with Crippen molar-refractivity contribution in [3.63, 3.8) is 0 Å². The van der Waals surface area contributed by atoms with Gasteiger partial charge < -0.3 is 4.74 Å². The van der Waals surface area contributed by atoms with Crippen molar-refractivity contribution in [2.45, 2.75) is 6.92 Å². The Kier molecular flexibility index (Phi) is 3.02. The Morgan fingerprint density at radius 1 is 1.42 bits per heavy atom. The van der Waals surface area contributed by atoms with Crippen LogP contribution in [0.5, 0.6) is 5.75 Å². The van der Waals surface area contributed by atoms with Crippen LogP contribution in [0.25, 0.3) is 0 Å². The first kappa shape index (κ1) is 8.97. The van der Waals surface area contributed by atoms with Gasteiger partial charge in [-0.2, -0.15) is 0 Å². The van der Waals surface area contributed by atoms with Crippen LogP contribution >= 0.6 is 0 Å². The second-order valence-corrected chi connectivity index (χ2v) is 2.47. The van der Waals surface area contributed by atoms with E-state index in [2.05, 4.69) is 0 Å². The van der Waals surface area contributed by atoms with Crippen molar-refractivity contribution in [3.05, 3.63) is 29.6 Å². The van der Waals surface area contributed by atoms with Gasteiger partial charge in [0.15, 0.2) is 11.6 Å². The van der Waals surface area contributed by atoms with Gasteiger partial charge in [0.1, 0.15) is 13.3 Å². The van der Waals surface area contributed by atoms with Gasteiger partial charge in [0.25, 0.3) is 0 Å². The predicted molar refractivity (Wildman–Crippen MR) is 42.6 cm³/mol. The lowest BCUT2D eigenvalue weighted by atomic mass is 10.2. The normalized spacial score (nSPS) is 9.92. The lowest BCUT2D eigenvalue weighted by Gasteiger charge is -2.04. The lowest BCUT2D eigenvalue weighted by Crippen LogP contribution is -2.00. The molecular formula is C9H10F2O. The Hall–Kier alpha value is -1.12. The molecule has 1 rings (SSSR count). The van der Waals surface area contributed by atoms with Crippen LogP contribution in [0.1, 0.15) is 5.56 Å². The van der Waals surface area contributed by atoms with Crippen LogP contribution in [0.2, 0.25) is 0 Å². The van der Waals surface area contributed by atoms with Crippen LogP contribution in [0.15, 0.2) is 18.2 Å². The van der Waals surface area contributed by atoms with E-state index in [1.165, 1.54) is 6.07 Å². The highest BCUT2D eigenvalue weighted by molar-refractivity contribution is 5.29. The van der Waals surface area contributed by atoms with Gasteiger partial charge in [0.05, 0.1) is 0 Å². The van der Waals surface area contributed by atoms with Gasteiger partial charge >= 0.3 is 0 Å². The summed E-state index contributed by atoms with van der Waals surface area (Å²) in [5.41, 5.74) is 0.894. The van der Waals surface area contributed by atoms with Crippen LogP contribution in [-0.4, -0.2) is 13.3 Å². The topological polar surface area (TPSA) is 9.23 Å². The Labute approximate surface area is 70.0 Å². The Bertz CT molecular complexity index is 261. The summed E-state index contributed by atoms with van der Waals surface area (Å²) in [5, 5.41) is 0. The smallest absolute Gasteiger partial charge is 0.165 e. The SMILES string of the molecule is Cc1ccc(F)c(OCCF)c1. The molecule has 0 aliphatic carbocycles. The molecule has 0 bridgehead atoms. The minimum atomic E-state index is -0.604. The maximum absolute atomic E-state index is 12.8. The van der Waals surface area contributed by atoms with E-state index in [-0.39, 0.29) is 12.4 Å². The van der Waals surface area contributed by atoms with Crippen molar-refractivity contribution in [2.24, 2.45) is 0 Å². The summed E-state index contributed by atoms with van der Waals surface area (Å²) in [6.07, 6.45) is 0. The Morgan fingerprint density at radius 3 is 2.83 bits per heavy atom. The van der Waals surface area contributed by atoms with Gasteiger partial charge in [-0.3, -0.25) is 0 Å². The van der Waals surface area contributed by atoms with E-state index >= 15 is 0 Å². The first-order valence-corrected chi connectivity index (χ1v) is 3.69. The molecule has 1 nitrogen and oxygen atoms in total. The number of alkyl halides is 1. The minimum Gasteiger partial charge on any atom is -0.488 e. The molecule has 0 fully saturated rings. The fraction of sp³-hybridized carbons (Fsp3) is 0.333. The molecular weight excluding hydrogens is 162 g/mol. The molecule has 0 spiro atoms. The molecule has 12 heavy (non-hydrogen) atoms. The van der Waals surface area contributed by atoms with E-state index in [0.29, 0.717) is 0 Å². The number of hydrogen-bond donors (Lipinski definition) is 0. The zero-order valence-electron chi connectivity index (χ0n) is 6.81. The van der Waals surface area contributed by atoms with Crippen LogP contribution in [0, 0.1) is 12.7 Å². The van der Waals surface area contributed by atoms with Crippen LogP contribution in [-0.2, 0) is 0 Å². The molecule has 0 atom stereocenters. The molecule has 0 saturated carbocycles. The van der Waals surface area contributed by atoms with E-state index in [4.69, 9.17) is 4.74 Å². The lowest BCUT2D eigenvalue weighted by molar-refractivity contribution is 0.262. The molecule has 0 aromatic heterocycles. The van der Waals surface area contributed by atoms with Gasteiger partial charge in [-0.15, -0.1) is 0 Å². The minimum absolute atomic E-state index is 0.0969. The third-order valence-electron chi connectivity index (χ3n) is 1.42. The third-order valence-corrected chi connectivity index (χ3v) is 1.42. The summed E-state index contributed by atoms with van der Waals surface area (Å²) in [6.45, 7) is 1.12. The zero-order valence-corrected chi connectivity index (χ0v) is 6.81. The van der Waals surface area contributed by atoms with Crippen molar-refractivity contribution in [2.75, 3.05) is 13.3 Å². The van der Waals surface area contributed by atoms with Crippen molar-refractivity contribution < 1.29 is 13.5 Å². The summed E-state index contributed by atoms with van der Waals surface area (Å²) in [4.78, 5) is 0. The highest BCUT2D eigenvalue weighted by atomic mass is 19.1. The fourth-order valence-electron chi connectivity index (χ4n) is 0.870. The third kappa shape index (κ3) is 2.19. The molecule has 0 N–H and O–H groups in total. The molecule has 0 amide bonds. The molecule has 0 aliphatic rings. The molecule has 66 valence electrons.